The van der Waals surface area contributed by atoms with Crippen LogP contribution in [0.1, 0.15) is 56.7 Å². The van der Waals surface area contributed by atoms with Crippen LogP contribution in [0.15, 0.2) is 0 Å². The zero-order valence-electron chi connectivity index (χ0n) is 14.6. The van der Waals surface area contributed by atoms with Crippen molar-refractivity contribution in [1.82, 2.24) is 9.55 Å². The minimum atomic E-state index is 0.247. The van der Waals surface area contributed by atoms with E-state index < -0.39 is 0 Å². The number of hydrogen-bond acceptors (Lipinski definition) is 3. The lowest BCUT2D eigenvalue weighted by molar-refractivity contribution is 0.231. The minimum Gasteiger partial charge on any atom is -0.489 e. The zero-order valence-corrected chi connectivity index (χ0v) is 14.6. The van der Waals surface area contributed by atoms with Crippen LogP contribution >= 0.6 is 0 Å². The molecule has 4 rings (SSSR count). The number of aromatic nitrogens is 2. The molecule has 2 atom stereocenters. The van der Waals surface area contributed by atoms with Crippen LogP contribution in [0, 0.1) is 13.8 Å². The highest BCUT2D eigenvalue weighted by Crippen LogP contribution is 2.47. The molecule has 2 unspecified atom stereocenters. The van der Waals surface area contributed by atoms with Gasteiger partial charge >= 0.3 is 0 Å². The normalized spacial score (nSPS) is 22.3. The van der Waals surface area contributed by atoms with Gasteiger partial charge in [-0.2, -0.15) is 0 Å². The van der Waals surface area contributed by atoms with E-state index in [1.807, 2.05) is 13.8 Å². The standard InChI is InChI=1S/C16H21N3O.C2H6/c1-8-9(2)15-12(10(3)11(4)20-15)14-13(8)18-16-17-6-5-7-19(14)16;1-2/h10-11H,5-7H2,1-4H3,(H,17,18);1-2H3. The molecule has 0 saturated carbocycles. The van der Waals surface area contributed by atoms with Gasteiger partial charge in [-0.1, -0.05) is 20.8 Å². The third-order valence-electron chi connectivity index (χ3n) is 5.03. The van der Waals surface area contributed by atoms with Crippen LogP contribution in [0.2, 0.25) is 0 Å². The van der Waals surface area contributed by atoms with Crippen LogP contribution in [0.4, 0.5) is 5.95 Å². The molecule has 1 aromatic carbocycles. The van der Waals surface area contributed by atoms with Crippen LogP contribution in [0.5, 0.6) is 5.75 Å². The predicted octanol–water partition coefficient (Wildman–Crippen LogP) is 4.38. The molecule has 22 heavy (non-hydrogen) atoms. The highest BCUT2D eigenvalue weighted by molar-refractivity contribution is 5.90. The number of imidazole rings is 1. The molecule has 4 nitrogen and oxygen atoms in total. The molecule has 1 N–H and O–H groups in total. The van der Waals surface area contributed by atoms with Crippen molar-refractivity contribution < 1.29 is 4.74 Å². The number of rotatable bonds is 0. The van der Waals surface area contributed by atoms with Crippen molar-refractivity contribution in [3.63, 3.8) is 0 Å². The molecule has 0 radical (unpaired) electrons. The zero-order chi connectivity index (χ0) is 16.0. The lowest BCUT2D eigenvalue weighted by Gasteiger charge is -2.18. The van der Waals surface area contributed by atoms with Crippen molar-refractivity contribution in [2.45, 2.75) is 66.5 Å². The highest BCUT2D eigenvalue weighted by Gasteiger charge is 2.34. The Morgan fingerprint density at radius 3 is 2.64 bits per heavy atom. The molecule has 3 heterocycles. The number of ether oxygens (including phenoxy) is 1. The average Bonchev–Trinajstić information content (AvgIpc) is 3.06. The molecule has 2 aliphatic heterocycles. The summed E-state index contributed by atoms with van der Waals surface area (Å²) >= 11 is 0. The molecule has 4 heteroatoms. The summed E-state index contributed by atoms with van der Waals surface area (Å²) in [4.78, 5) is 4.85. The summed E-state index contributed by atoms with van der Waals surface area (Å²) < 4.78 is 8.49. The predicted molar refractivity (Wildman–Crippen MR) is 92.2 cm³/mol. The first kappa shape index (κ1) is 15.2. The smallest absolute Gasteiger partial charge is 0.203 e. The molecule has 0 aliphatic carbocycles. The van der Waals surface area contributed by atoms with Crippen LogP contribution in [-0.4, -0.2) is 22.2 Å². The van der Waals surface area contributed by atoms with Crippen LogP contribution in [0.3, 0.4) is 0 Å². The van der Waals surface area contributed by atoms with E-state index in [0.717, 1.165) is 36.7 Å². The average molecular weight is 301 g/mol. The highest BCUT2D eigenvalue weighted by atomic mass is 16.5. The van der Waals surface area contributed by atoms with E-state index in [9.17, 15) is 0 Å². The third-order valence-corrected chi connectivity index (χ3v) is 5.03. The molecular weight excluding hydrogens is 274 g/mol. The minimum absolute atomic E-state index is 0.247. The molecule has 0 spiro atoms. The Balaban J connectivity index is 0.000000693. The summed E-state index contributed by atoms with van der Waals surface area (Å²) in [7, 11) is 0. The van der Waals surface area contributed by atoms with Crippen molar-refractivity contribution in [2.75, 3.05) is 11.9 Å². The Morgan fingerprint density at radius 1 is 1.18 bits per heavy atom. The molecule has 1 aromatic heterocycles. The first-order chi connectivity index (χ1) is 10.6. The number of nitrogens with zero attached hydrogens (tertiary/aromatic N) is 2. The van der Waals surface area contributed by atoms with Gasteiger partial charge in [0.2, 0.25) is 5.95 Å². The number of anilines is 1. The van der Waals surface area contributed by atoms with Gasteiger partial charge in [0, 0.05) is 24.6 Å². The van der Waals surface area contributed by atoms with Gasteiger partial charge in [0.15, 0.2) is 0 Å². The fourth-order valence-electron chi connectivity index (χ4n) is 3.53. The maximum Gasteiger partial charge on any atom is 0.203 e. The van der Waals surface area contributed by atoms with Crippen LogP contribution in [0.25, 0.3) is 11.0 Å². The second-order valence-electron chi connectivity index (χ2n) is 6.17. The molecule has 0 amide bonds. The van der Waals surface area contributed by atoms with Crippen molar-refractivity contribution in [3.05, 3.63) is 16.7 Å². The SMILES string of the molecule is CC.Cc1c2c(c3c(nc4n3CCCN4)c1C)C(C)C(C)O2. The summed E-state index contributed by atoms with van der Waals surface area (Å²) in [5, 5.41) is 3.43. The van der Waals surface area contributed by atoms with E-state index in [-0.39, 0.29) is 6.10 Å². The summed E-state index contributed by atoms with van der Waals surface area (Å²) in [6, 6.07) is 0. The lowest BCUT2D eigenvalue weighted by Crippen LogP contribution is -2.17. The largest absolute Gasteiger partial charge is 0.489 e. The molecule has 2 aromatic rings. The van der Waals surface area contributed by atoms with E-state index in [4.69, 9.17) is 9.72 Å². The maximum absolute atomic E-state index is 6.14. The van der Waals surface area contributed by atoms with Gasteiger partial charge in [-0.05, 0) is 38.3 Å². The molecule has 0 saturated heterocycles. The Bertz CT molecular complexity index is 717. The fourth-order valence-corrected chi connectivity index (χ4v) is 3.53. The van der Waals surface area contributed by atoms with E-state index in [1.54, 1.807) is 0 Å². The maximum atomic E-state index is 6.14. The Hall–Kier alpha value is -1.71. The summed E-state index contributed by atoms with van der Waals surface area (Å²) in [6.07, 6.45) is 1.40. The quantitative estimate of drug-likeness (QED) is 0.785. The first-order valence-corrected chi connectivity index (χ1v) is 8.53. The van der Waals surface area contributed by atoms with Crippen molar-refractivity contribution in [2.24, 2.45) is 0 Å². The van der Waals surface area contributed by atoms with E-state index >= 15 is 0 Å². The topological polar surface area (TPSA) is 39.1 Å². The van der Waals surface area contributed by atoms with E-state index in [2.05, 4.69) is 37.6 Å². The van der Waals surface area contributed by atoms with Gasteiger partial charge < -0.3 is 14.6 Å². The Kier molecular flexibility index (Phi) is 3.79. The molecule has 2 aliphatic rings. The summed E-state index contributed by atoms with van der Waals surface area (Å²) in [6.45, 7) is 14.8. The molecule has 0 bridgehead atoms. The molecule has 0 fully saturated rings. The second kappa shape index (κ2) is 5.49. The van der Waals surface area contributed by atoms with E-state index in [0.29, 0.717) is 5.92 Å². The first-order valence-electron chi connectivity index (χ1n) is 8.53. The van der Waals surface area contributed by atoms with Crippen molar-refractivity contribution in [3.8, 4) is 5.75 Å². The molecule has 120 valence electrons. The number of fused-ring (bicyclic) bond motifs is 5. The van der Waals surface area contributed by atoms with Gasteiger partial charge in [0.25, 0.3) is 0 Å². The van der Waals surface area contributed by atoms with Gasteiger partial charge in [0.05, 0.1) is 11.0 Å². The van der Waals surface area contributed by atoms with Gasteiger partial charge in [0.1, 0.15) is 11.9 Å². The number of nitrogens with one attached hydrogen (secondary N) is 1. The van der Waals surface area contributed by atoms with Crippen molar-refractivity contribution >= 4 is 17.0 Å². The Labute approximate surface area is 132 Å². The Morgan fingerprint density at radius 2 is 1.91 bits per heavy atom. The molecular formula is C18H27N3O. The van der Waals surface area contributed by atoms with Gasteiger partial charge in [-0.25, -0.2) is 4.98 Å². The van der Waals surface area contributed by atoms with Crippen molar-refractivity contribution in [1.29, 1.82) is 0 Å². The number of aryl methyl sites for hydroxylation is 2. The van der Waals surface area contributed by atoms with Gasteiger partial charge in [-0.15, -0.1) is 0 Å². The van der Waals surface area contributed by atoms with Crippen LogP contribution < -0.4 is 10.1 Å². The lowest BCUT2D eigenvalue weighted by atomic mass is 9.93. The van der Waals surface area contributed by atoms with E-state index in [1.165, 1.54) is 22.2 Å². The monoisotopic (exact) mass is 301 g/mol. The number of benzene rings is 1. The summed E-state index contributed by atoms with van der Waals surface area (Å²) in [5.41, 5.74) is 6.30. The third kappa shape index (κ3) is 1.93. The second-order valence-corrected chi connectivity index (χ2v) is 6.17. The summed E-state index contributed by atoms with van der Waals surface area (Å²) in [5.74, 6) is 2.55. The number of hydrogen-bond donors (Lipinski definition) is 1. The van der Waals surface area contributed by atoms with Crippen LogP contribution in [-0.2, 0) is 6.54 Å². The fraction of sp³-hybridized carbons (Fsp3) is 0.611. The van der Waals surface area contributed by atoms with Gasteiger partial charge in [-0.3, -0.25) is 0 Å².